The van der Waals surface area contributed by atoms with Gasteiger partial charge in [0.1, 0.15) is 36.8 Å². The van der Waals surface area contributed by atoms with Crippen molar-refractivity contribution in [3.8, 4) is 5.88 Å². The van der Waals surface area contributed by atoms with Gasteiger partial charge < -0.3 is 20.5 Å². The lowest BCUT2D eigenvalue weighted by atomic mass is 9.84. The van der Waals surface area contributed by atoms with Gasteiger partial charge in [0, 0.05) is 30.5 Å². The lowest BCUT2D eigenvalue weighted by Crippen LogP contribution is -2.40. The fourth-order valence-electron chi connectivity index (χ4n) is 4.52. The number of halogens is 3. The van der Waals surface area contributed by atoms with E-state index in [0.29, 0.717) is 48.1 Å². The number of benzene rings is 1. The highest BCUT2D eigenvalue weighted by atomic mass is 32.2. The number of amidine groups is 1. The smallest absolute Gasteiger partial charge is 0.232 e. The fraction of sp³-hybridized carbons (Fsp3) is 0.391. The SMILES string of the molecule is COCCOc1cnc2c(Nc3ccc(F)c([C@@]4(CF)N=C(N)S[C@@]5(CF)C[C@H]54)c3)nccc2n1. The predicted octanol–water partition coefficient (Wildman–Crippen LogP) is 3.89. The normalized spacial score (nSPS) is 25.1. The Kier molecular flexibility index (Phi) is 6.18. The Morgan fingerprint density at radius 2 is 2.06 bits per heavy atom. The summed E-state index contributed by atoms with van der Waals surface area (Å²) in [5.41, 5.74) is 5.81. The molecular formula is C23H23F3N6O2S. The molecule has 1 fully saturated rings. The van der Waals surface area contributed by atoms with Crippen molar-refractivity contribution in [1.82, 2.24) is 15.0 Å². The van der Waals surface area contributed by atoms with Gasteiger partial charge in [0.2, 0.25) is 5.88 Å². The van der Waals surface area contributed by atoms with Crippen molar-refractivity contribution < 1.29 is 22.6 Å². The zero-order valence-electron chi connectivity index (χ0n) is 18.8. The fourth-order valence-corrected chi connectivity index (χ4v) is 5.78. The van der Waals surface area contributed by atoms with Gasteiger partial charge in [-0.2, -0.15) is 0 Å². The highest BCUT2D eigenvalue weighted by molar-refractivity contribution is 8.15. The molecular weight excluding hydrogens is 481 g/mol. The van der Waals surface area contributed by atoms with Crippen LogP contribution in [0.3, 0.4) is 0 Å². The first-order valence-electron chi connectivity index (χ1n) is 10.9. The van der Waals surface area contributed by atoms with Gasteiger partial charge in [0.25, 0.3) is 0 Å². The summed E-state index contributed by atoms with van der Waals surface area (Å²) in [6.07, 6.45) is 3.39. The number of hydrogen-bond acceptors (Lipinski definition) is 9. The van der Waals surface area contributed by atoms with Gasteiger partial charge in [0.15, 0.2) is 11.0 Å². The molecule has 3 N–H and O–H groups in total. The topological polar surface area (TPSA) is 108 Å². The third-order valence-electron chi connectivity index (χ3n) is 6.32. The summed E-state index contributed by atoms with van der Waals surface area (Å²) >= 11 is 1.10. The van der Waals surface area contributed by atoms with Crippen LogP contribution in [0.4, 0.5) is 24.7 Å². The molecule has 3 atom stereocenters. The van der Waals surface area contributed by atoms with E-state index in [4.69, 9.17) is 15.2 Å². The maximum absolute atomic E-state index is 15.0. The van der Waals surface area contributed by atoms with E-state index in [1.807, 2.05) is 0 Å². The number of hydrogen-bond donors (Lipinski definition) is 2. The minimum absolute atomic E-state index is 0.0220. The molecule has 1 aromatic carbocycles. The number of nitrogens with zero attached hydrogens (tertiary/aromatic N) is 4. The second-order valence-corrected chi connectivity index (χ2v) is 9.90. The molecule has 2 aromatic heterocycles. The number of nitrogens with two attached hydrogens (primary N) is 1. The first-order chi connectivity index (χ1) is 16.9. The van der Waals surface area contributed by atoms with Crippen LogP contribution in [0.5, 0.6) is 5.88 Å². The first kappa shape index (κ1) is 23.6. The molecule has 0 unspecified atom stereocenters. The van der Waals surface area contributed by atoms with Crippen molar-refractivity contribution in [1.29, 1.82) is 0 Å². The number of aliphatic imine (C=N–C) groups is 1. The molecule has 2 aliphatic rings. The second-order valence-electron chi connectivity index (χ2n) is 8.46. The van der Waals surface area contributed by atoms with Gasteiger partial charge in [-0.1, -0.05) is 11.8 Å². The Hall–Kier alpha value is -3.12. The summed E-state index contributed by atoms with van der Waals surface area (Å²) in [5.74, 6) is -0.422. The van der Waals surface area contributed by atoms with E-state index in [0.717, 1.165) is 11.8 Å². The number of aromatic nitrogens is 3. The van der Waals surface area contributed by atoms with Crippen LogP contribution in [-0.4, -0.2) is 58.5 Å². The maximum atomic E-state index is 15.0. The minimum Gasteiger partial charge on any atom is -0.474 e. The standard InChI is InChI=1S/C23H23F3N6O2S/c1-33-6-7-34-18-10-29-19-16(31-18)4-5-28-20(19)30-13-2-3-15(26)14(8-13)23(12-25)17-9-22(17,11-24)35-21(27)32-23/h2-5,8,10,17H,6-7,9,11-12H2,1H3,(H2,27,32)(H,28,30)/t17-,22-,23-/m1/s1. The summed E-state index contributed by atoms with van der Waals surface area (Å²) in [6.45, 7) is -0.934. The van der Waals surface area contributed by atoms with Crippen LogP contribution in [0.1, 0.15) is 12.0 Å². The van der Waals surface area contributed by atoms with Crippen LogP contribution in [0, 0.1) is 11.7 Å². The van der Waals surface area contributed by atoms with Gasteiger partial charge in [-0.05, 0) is 30.7 Å². The molecule has 1 aliphatic heterocycles. The summed E-state index contributed by atoms with van der Waals surface area (Å²) in [7, 11) is 1.58. The number of rotatable bonds is 9. The number of anilines is 2. The molecule has 3 aromatic rings. The third-order valence-corrected chi connectivity index (χ3v) is 7.59. The lowest BCUT2D eigenvalue weighted by molar-refractivity contribution is 0.143. The van der Waals surface area contributed by atoms with Gasteiger partial charge in [-0.15, -0.1) is 0 Å². The molecule has 8 nitrogen and oxygen atoms in total. The molecule has 0 spiro atoms. The molecule has 5 rings (SSSR count). The Morgan fingerprint density at radius 3 is 2.83 bits per heavy atom. The molecule has 1 aliphatic carbocycles. The summed E-state index contributed by atoms with van der Waals surface area (Å²) in [4.78, 5) is 17.4. The zero-order chi connectivity index (χ0) is 24.6. The van der Waals surface area contributed by atoms with Crippen molar-refractivity contribution >= 4 is 39.5 Å². The zero-order valence-corrected chi connectivity index (χ0v) is 19.6. The quantitative estimate of drug-likeness (QED) is 0.423. The Balaban J connectivity index is 1.48. The van der Waals surface area contributed by atoms with E-state index in [1.165, 1.54) is 24.4 Å². The monoisotopic (exact) mass is 504 g/mol. The van der Waals surface area contributed by atoms with Gasteiger partial charge in [-0.25, -0.2) is 33.1 Å². The lowest BCUT2D eigenvalue weighted by Gasteiger charge is -2.34. The van der Waals surface area contributed by atoms with Crippen LogP contribution >= 0.6 is 11.8 Å². The molecule has 0 bridgehead atoms. The summed E-state index contributed by atoms with van der Waals surface area (Å²) in [5, 5.41) is 3.16. The average molecular weight is 505 g/mol. The summed E-state index contributed by atoms with van der Waals surface area (Å²) in [6, 6.07) is 5.88. The van der Waals surface area contributed by atoms with Crippen LogP contribution in [-0.2, 0) is 10.3 Å². The van der Waals surface area contributed by atoms with Crippen molar-refractivity contribution in [2.45, 2.75) is 16.7 Å². The Bertz CT molecular complexity index is 1300. The highest BCUT2D eigenvalue weighted by Crippen LogP contribution is 2.66. The predicted molar refractivity (Wildman–Crippen MR) is 128 cm³/mol. The van der Waals surface area contributed by atoms with Crippen LogP contribution < -0.4 is 15.8 Å². The van der Waals surface area contributed by atoms with Crippen molar-refractivity contribution in [3.63, 3.8) is 0 Å². The highest BCUT2D eigenvalue weighted by Gasteiger charge is 2.68. The van der Waals surface area contributed by atoms with Crippen LogP contribution in [0.2, 0.25) is 0 Å². The number of methoxy groups -OCH3 is 1. The largest absolute Gasteiger partial charge is 0.474 e. The van der Waals surface area contributed by atoms with E-state index < -0.39 is 35.4 Å². The summed E-state index contributed by atoms with van der Waals surface area (Å²) < 4.78 is 53.0. The molecule has 1 saturated carbocycles. The van der Waals surface area contributed by atoms with Crippen molar-refractivity contribution in [3.05, 3.63) is 48.0 Å². The van der Waals surface area contributed by atoms with Crippen molar-refractivity contribution in [2.24, 2.45) is 16.6 Å². The second kappa shape index (κ2) is 9.15. The number of thioether (sulfide) groups is 1. The molecule has 12 heteroatoms. The van der Waals surface area contributed by atoms with Crippen LogP contribution in [0.25, 0.3) is 11.0 Å². The van der Waals surface area contributed by atoms with Crippen LogP contribution in [0.15, 0.2) is 41.7 Å². The van der Waals surface area contributed by atoms with Gasteiger partial charge in [-0.3, -0.25) is 0 Å². The van der Waals surface area contributed by atoms with E-state index in [-0.39, 0.29) is 10.7 Å². The van der Waals surface area contributed by atoms with Gasteiger partial charge in [0.05, 0.1) is 23.1 Å². The molecule has 35 heavy (non-hydrogen) atoms. The number of fused-ring (bicyclic) bond motifs is 2. The Labute approximate surface area is 203 Å². The van der Waals surface area contributed by atoms with E-state index in [2.05, 4.69) is 25.3 Å². The average Bonchev–Trinajstić information content (AvgIpc) is 3.60. The third kappa shape index (κ3) is 4.14. The van der Waals surface area contributed by atoms with E-state index >= 15 is 4.39 Å². The molecule has 184 valence electrons. The molecule has 0 amide bonds. The van der Waals surface area contributed by atoms with Gasteiger partial charge >= 0.3 is 0 Å². The van der Waals surface area contributed by atoms with E-state index in [9.17, 15) is 8.78 Å². The molecule has 3 heterocycles. The molecule has 0 radical (unpaired) electrons. The number of nitrogens with one attached hydrogen (secondary N) is 1. The number of pyridine rings is 1. The van der Waals surface area contributed by atoms with Crippen molar-refractivity contribution in [2.75, 3.05) is 39.0 Å². The Morgan fingerprint density at radius 1 is 1.20 bits per heavy atom. The van der Waals surface area contributed by atoms with E-state index in [1.54, 1.807) is 19.4 Å². The number of ether oxygens (including phenoxy) is 2. The maximum Gasteiger partial charge on any atom is 0.232 e. The number of alkyl halides is 2. The molecule has 0 saturated heterocycles. The minimum atomic E-state index is -1.58. The first-order valence-corrected chi connectivity index (χ1v) is 11.7.